The van der Waals surface area contributed by atoms with Crippen molar-refractivity contribution in [2.24, 2.45) is 3.50 Å². The third-order valence-electron chi connectivity index (χ3n) is 4.76. The molecule has 4 rings (SSSR count). The Kier molecular flexibility index (Phi) is 3.39. The first-order valence-corrected chi connectivity index (χ1v) is 8.60. The molecule has 2 heterocycles. The summed E-state index contributed by atoms with van der Waals surface area (Å²) in [5.41, 5.74) is 3.11. The van der Waals surface area contributed by atoms with Crippen molar-refractivity contribution in [1.82, 2.24) is 0 Å². The third kappa shape index (κ3) is 2.07. The fourth-order valence-electron chi connectivity index (χ4n) is 3.46. The Labute approximate surface area is 150 Å². The topological polar surface area (TPSA) is 68.1 Å². The quantitative estimate of drug-likeness (QED) is 0.502. The second-order valence-corrected chi connectivity index (χ2v) is 7.21. The van der Waals surface area contributed by atoms with Gasteiger partial charge in [0.1, 0.15) is 0 Å². The van der Waals surface area contributed by atoms with Crippen molar-refractivity contribution in [1.29, 1.82) is 0 Å². The van der Waals surface area contributed by atoms with E-state index in [1.54, 1.807) is 6.07 Å². The van der Waals surface area contributed by atoms with E-state index < -0.39 is 0 Å². The molecule has 0 saturated carbocycles. The van der Waals surface area contributed by atoms with Crippen LogP contribution in [0.15, 0.2) is 27.8 Å². The Morgan fingerprint density at radius 1 is 1.17 bits per heavy atom. The zero-order chi connectivity index (χ0) is 17.1. The maximum absolute atomic E-state index is 11.7. The van der Waals surface area contributed by atoms with Gasteiger partial charge in [-0.3, -0.25) is 0 Å². The predicted octanol–water partition coefficient (Wildman–Crippen LogP) is 3.52. The number of hydrogen-bond acceptors (Lipinski definition) is 5. The fraction of sp³-hybridized carbons (Fsp3) is 0.278. The Hall–Kier alpha value is -2.00. The van der Waals surface area contributed by atoms with E-state index in [0.29, 0.717) is 29.4 Å². The van der Waals surface area contributed by atoms with Gasteiger partial charge in [-0.25, -0.2) is 0 Å². The molecule has 2 aromatic carbocycles. The van der Waals surface area contributed by atoms with Gasteiger partial charge in [-0.1, -0.05) is 0 Å². The molecule has 1 N–H and O–H groups in total. The van der Waals surface area contributed by atoms with Gasteiger partial charge >= 0.3 is 150 Å². The zero-order valence-electron chi connectivity index (χ0n) is 13.2. The van der Waals surface area contributed by atoms with Crippen LogP contribution in [0.2, 0.25) is 0 Å². The van der Waals surface area contributed by atoms with Gasteiger partial charge in [-0.15, -0.1) is 0 Å². The van der Waals surface area contributed by atoms with Crippen molar-refractivity contribution in [3.05, 3.63) is 46.5 Å². The number of fused-ring (bicyclic) bond motifs is 4. The summed E-state index contributed by atoms with van der Waals surface area (Å²) in [6, 6.07) is 7.35. The number of carbonyl (C=O) groups is 1. The minimum absolute atomic E-state index is 0.161. The molecule has 5 nitrogen and oxygen atoms in total. The number of rotatable bonds is 2. The molecule has 0 unspecified atom stereocenters. The Balaban J connectivity index is 1.98. The standard InChI is InChI=1S/C18H15NO4.Pt/c1-18(2)11-3-5-13(20)10(8-19)17(11)23-16-9-7-15(21)22-14(9)6-4-12(16)18;/h3-6,20H,7-8H2,1-2H3;. The van der Waals surface area contributed by atoms with Gasteiger partial charge < -0.3 is 0 Å². The molecule has 6 heteroatoms. The van der Waals surface area contributed by atoms with Crippen molar-refractivity contribution in [2.75, 3.05) is 0 Å². The van der Waals surface area contributed by atoms with Crippen molar-refractivity contribution in [3.8, 4) is 23.0 Å². The van der Waals surface area contributed by atoms with Crippen molar-refractivity contribution in [3.63, 3.8) is 0 Å². The molecule has 126 valence electrons. The summed E-state index contributed by atoms with van der Waals surface area (Å²) in [4.78, 5) is 11.7. The summed E-state index contributed by atoms with van der Waals surface area (Å²) < 4.78 is 15.6. The van der Waals surface area contributed by atoms with Crippen LogP contribution in [-0.4, -0.2) is 11.1 Å². The number of carbonyl (C=O) groups excluding carboxylic acids is 1. The van der Waals surface area contributed by atoms with Gasteiger partial charge in [0.2, 0.25) is 0 Å². The molecule has 2 aliphatic rings. The van der Waals surface area contributed by atoms with Crippen LogP contribution < -0.4 is 9.47 Å². The molecular formula is C18H15NO4Pt. The number of nitrogens with zero attached hydrogens (tertiary/aromatic N) is 1. The number of benzene rings is 2. The van der Waals surface area contributed by atoms with Gasteiger partial charge in [-0.2, -0.15) is 0 Å². The monoisotopic (exact) mass is 504 g/mol. The maximum atomic E-state index is 11.7. The number of phenols is 1. The van der Waals surface area contributed by atoms with Crippen LogP contribution in [0.1, 0.15) is 36.1 Å². The molecule has 0 aromatic heterocycles. The first-order chi connectivity index (χ1) is 11.4. The van der Waals surface area contributed by atoms with Crippen molar-refractivity contribution < 1.29 is 39.0 Å². The fourth-order valence-corrected chi connectivity index (χ4v) is 3.82. The molecule has 2 aromatic rings. The van der Waals surface area contributed by atoms with Crippen molar-refractivity contribution >= 4 is 5.97 Å². The molecule has 0 bridgehead atoms. The van der Waals surface area contributed by atoms with Gasteiger partial charge in [0.25, 0.3) is 0 Å². The Morgan fingerprint density at radius 3 is 2.62 bits per heavy atom. The molecule has 0 spiro atoms. The third-order valence-corrected chi connectivity index (χ3v) is 5.12. The van der Waals surface area contributed by atoms with Crippen molar-refractivity contribution in [2.45, 2.75) is 32.2 Å². The molecule has 24 heavy (non-hydrogen) atoms. The zero-order valence-corrected chi connectivity index (χ0v) is 15.4. The van der Waals surface area contributed by atoms with Crippen LogP contribution in [0.25, 0.3) is 0 Å². The van der Waals surface area contributed by atoms with E-state index in [2.05, 4.69) is 17.3 Å². The number of esters is 1. The van der Waals surface area contributed by atoms with E-state index in [1.165, 1.54) is 0 Å². The second kappa shape index (κ2) is 5.25. The number of hydrogen-bond donors (Lipinski definition) is 1. The summed E-state index contributed by atoms with van der Waals surface area (Å²) in [5, 5.41) is 10.2. The summed E-state index contributed by atoms with van der Waals surface area (Å²) in [7, 11) is 0. The van der Waals surface area contributed by atoms with E-state index >= 15 is 0 Å². The molecular weight excluding hydrogens is 489 g/mol. The van der Waals surface area contributed by atoms with Crippen LogP contribution in [0, 0.1) is 0 Å². The van der Waals surface area contributed by atoms with E-state index in [4.69, 9.17) is 9.47 Å². The number of phenolic OH excluding ortho intramolecular Hbond substituents is 1. The van der Waals surface area contributed by atoms with E-state index in [9.17, 15) is 9.90 Å². The minimum atomic E-state index is -0.322. The molecule has 0 fully saturated rings. The van der Waals surface area contributed by atoms with Gasteiger partial charge in [0, 0.05) is 0 Å². The summed E-state index contributed by atoms with van der Waals surface area (Å²) in [5.74, 6) is 1.73. The van der Waals surface area contributed by atoms with Gasteiger partial charge in [0.05, 0.1) is 0 Å². The second-order valence-electron chi connectivity index (χ2n) is 6.49. The Morgan fingerprint density at radius 2 is 1.88 bits per heavy atom. The molecule has 0 radical (unpaired) electrons. The molecule has 0 atom stereocenters. The van der Waals surface area contributed by atoms with Gasteiger partial charge in [-0.05, 0) is 0 Å². The van der Waals surface area contributed by atoms with Gasteiger partial charge in [0.15, 0.2) is 0 Å². The van der Waals surface area contributed by atoms with E-state index in [0.717, 1.165) is 16.7 Å². The normalized spacial score (nSPS) is 16.6. The number of ether oxygens (including phenoxy) is 2. The first-order valence-electron chi connectivity index (χ1n) is 7.58. The average Bonchev–Trinajstić information content (AvgIpc) is 2.91. The van der Waals surface area contributed by atoms with Crippen LogP contribution in [0.3, 0.4) is 0 Å². The van der Waals surface area contributed by atoms with Crippen LogP contribution in [0.5, 0.6) is 23.0 Å². The number of aromatic hydroxyl groups is 1. The molecule has 0 aliphatic carbocycles. The summed E-state index contributed by atoms with van der Waals surface area (Å²) >= 11 is 1.90. The Bertz CT molecular complexity index is 885. The van der Waals surface area contributed by atoms with Crippen LogP contribution in [0.4, 0.5) is 0 Å². The SMILES string of the molecule is CC1(C)c2ccc(O)c(C[N]=[Pt])c2Oc2c1ccc1c2CC(=O)O1. The van der Waals surface area contributed by atoms with E-state index in [1.807, 2.05) is 37.8 Å². The molecule has 0 saturated heterocycles. The first kappa shape index (κ1) is 15.5. The average molecular weight is 504 g/mol. The van der Waals surface area contributed by atoms with E-state index in [-0.39, 0.29) is 23.6 Å². The summed E-state index contributed by atoms with van der Waals surface area (Å²) in [6.07, 6.45) is 0.203. The van der Waals surface area contributed by atoms with Crippen LogP contribution >= 0.6 is 0 Å². The van der Waals surface area contributed by atoms with Crippen LogP contribution in [-0.2, 0) is 42.8 Å². The molecule has 0 amide bonds. The molecule has 2 aliphatic heterocycles. The summed E-state index contributed by atoms with van der Waals surface area (Å²) in [6.45, 7) is 4.57. The predicted molar refractivity (Wildman–Crippen MR) is 82.2 cm³/mol.